The number of esters is 1. The van der Waals surface area contributed by atoms with E-state index in [0.29, 0.717) is 6.42 Å². The average molecular weight is 430 g/mol. The van der Waals surface area contributed by atoms with Crippen LogP contribution in [0, 0.1) is 11.3 Å². The Kier molecular flexibility index (Phi) is 11.0. The lowest BCUT2D eigenvalue weighted by molar-refractivity contribution is -0.151. The predicted molar refractivity (Wildman–Crippen MR) is 106 cm³/mol. The lowest BCUT2D eigenvalue weighted by atomic mass is 9.88. The van der Waals surface area contributed by atoms with Gasteiger partial charge in [-0.3, -0.25) is 9.59 Å². The molecule has 0 saturated carbocycles. The van der Waals surface area contributed by atoms with Gasteiger partial charge in [-0.2, -0.15) is 0 Å². The molecule has 4 N–H and O–H groups in total. The monoisotopic (exact) mass is 430 g/mol. The molecule has 9 nitrogen and oxygen atoms in total. The van der Waals surface area contributed by atoms with Gasteiger partial charge in [-0.25, -0.2) is 9.18 Å². The number of aliphatic hydroxyl groups is 1. The lowest BCUT2D eigenvalue weighted by Crippen LogP contribution is -2.57. The highest BCUT2D eigenvalue weighted by molar-refractivity contribution is 5.86. The standard InChI is InChI=1S/C20H31FN2O7/c1-3-4-5-6-7-8-16(26)29-11-14(25)17(21)19-18(23-12(2)24)13(10-22)9-15(30-19)20(27)28/h9-10,13-14,17-19,22,25H,3-8,11H2,1-2H3,(H,23,24)(H,27,28)/t13-,14?,17?,18?,19+/m1/s1. The Labute approximate surface area is 175 Å². The largest absolute Gasteiger partial charge is 0.478 e. The molecule has 30 heavy (non-hydrogen) atoms. The van der Waals surface area contributed by atoms with Crippen molar-refractivity contribution in [1.82, 2.24) is 5.32 Å². The Morgan fingerprint density at radius 1 is 1.33 bits per heavy atom. The average Bonchev–Trinajstić information content (AvgIpc) is 2.70. The summed E-state index contributed by atoms with van der Waals surface area (Å²) >= 11 is 0. The molecule has 1 aliphatic rings. The van der Waals surface area contributed by atoms with E-state index < -0.39 is 60.6 Å². The number of nitrogens with one attached hydrogen (secondary N) is 2. The molecule has 0 fully saturated rings. The molecule has 3 unspecified atom stereocenters. The first kappa shape index (κ1) is 25.5. The molecule has 0 aliphatic carbocycles. The van der Waals surface area contributed by atoms with Gasteiger partial charge in [0.1, 0.15) is 12.7 Å². The molecular weight excluding hydrogens is 399 g/mol. The van der Waals surface area contributed by atoms with Crippen molar-refractivity contribution in [2.75, 3.05) is 6.61 Å². The maximum absolute atomic E-state index is 15.0. The molecule has 170 valence electrons. The third kappa shape index (κ3) is 8.10. The fourth-order valence-electron chi connectivity index (χ4n) is 3.14. The maximum atomic E-state index is 15.0. The summed E-state index contributed by atoms with van der Waals surface area (Å²) in [6.07, 6.45) is 1.23. The Bertz CT molecular complexity index is 641. The van der Waals surface area contributed by atoms with E-state index >= 15 is 0 Å². The molecule has 1 aliphatic heterocycles. The van der Waals surface area contributed by atoms with Crippen molar-refractivity contribution in [2.45, 2.75) is 76.8 Å². The number of aliphatic hydroxyl groups excluding tert-OH is 1. The van der Waals surface area contributed by atoms with E-state index in [4.69, 9.17) is 20.0 Å². The Morgan fingerprint density at radius 3 is 2.57 bits per heavy atom. The van der Waals surface area contributed by atoms with Gasteiger partial charge in [0.2, 0.25) is 11.7 Å². The molecule has 0 spiro atoms. The summed E-state index contributed by atoms with van der Waals surface area (Å²) in [5.74, 6) is -4.11. The van der Waals surface area contributed by atoms with E-state index in [1.807, 2.05) is 0 Å². The first-order chi connectivity index (χ1) is 14.2. The highest BCUT2D eigenvalue weighted by Crippen LogP contribution is 2.27. The number of hydrogen-bond acceptors (Lipinski definition) is 7. The molecule has 0 radical (unpaired) electrons. The predicted octanol–water partition coefficient (Wildman–Crippen LogP) is 1.73. The molecule has 5 atom stereocenters. The number of ether oxygens (including phenoxy) is 2. The Morgan fingerprint density at radius 2 is 2.00 bits per heavy atom. The molecule has 1 rings (SSSR count). The van der Waals surface area contributed by atoms with E-state index in [1.54, 1.807) is 0 Å². The number of carboxylic acid groups (broad SMARTS) is 1. The van der Waals surface area contributed by atoms with Crippen molar-refractivity contribution in [3.05, 3.63) is 11.8 Å². The van der Waals surface area contributed by atoms with Crippen LogP contribution in [0.4, 0.5) is 4.39 Å². The second-order valence-corrected chi connectivity index (χ2v) is 7.25. The van der Waals surface area contributed by atoms with Crippen LogP contribution in [0.5, 0.6) is 0 Å². The highest BCUT2D eigenvalue weighted by atomic mass is 19.1. The van der Waals surface area contributed by atoms with E-state index in [-0.39, 0.29) is 6.42 Å². The van der Waals surface area contributed by atoms with Crippen LogP contribution in [0.3, 0.4) is 0 Å². The summed E-state index contributed by atoms with van der Waals surface area (Å²) in [5.41, 5.74) is 0. The van der Waals surface area contributed by atoms with Gasteiger partial charge >= 0.3 is 11.9 Å². The summed E-state index contributed by atoms with van der Waals surface area (Å²) in [5, 5.41) is 29.2. The normalized spacial score (nSPS) is 22.8. The number of carbonyl (C=O) groups is 3. The van der Waals surface area contributed by atoms with Crippen LogP contribution < -0.4 is 5.32 Å². The highest BCUT2D eigenvalue weighted by Gasteiger charge is 2.44. The zero-order valence-corrected chi connectivity index (χ0v) is 17.3. The van der Waals surface area contributed by atoms with Crippen LogP contribution >= 0.6 is 0 Å². The third-order valence-electron chi connectivity index (χ3n) is 4.73. The van der Waals surface area contributed by atoms with E-state index in [1.165, 1.54) is 6.92 Å². The van der Waals surface area contributed by atoms with Crippen molar-refractivity contribution < 1.29 is 38.5 Å². The van der Waals surface area contributed by atoms with Gasteiger partial charge in [0, 0.05) is 25.5 Å². The fourth-order valence-corrected chi connectivity index (χ4v) is 3.14. The smallest absolute Gasteiger partial charge is 0.370 e. The van der Waals surface area contributed by atoms with Crippen molar-refractivity contribution in [3.63, 3.8) is 0 Å². The van der Waals surface area contributed by atoms with Gasteiger partial charge in [-0.1, -0.05) is 32.6 Å². The van der Waals surface area contributed by atoms with Crippen molar-refractivity contribution in [1.29, 1.82) is 5.41 Å². The fraction of sp³-hybridized carbons (Fsp3) is 0.700. The Balaban J connectivity index is 2.72. The number of alkyl halides is 1. The van der Waals surface area contributed by atoms with Gasteiger partial charge in [-0.05, 0) is 12.5 Å². The van der Waals surface area contributed by atoms with E-state index in [9.17, 15) is 23.9 Å². The SMILES string of the molecule is CCCCCCCC(=O)OCC(O)C(F)[C@@H]1OC(C(=O)O)=C[C@H](C=N)C1NC(C)=O. The molecular formula is C20H31FN2O7. The first-order valence-corrected chi connectivity index (χ1v) is 10.1. The van der Waals surface area contributed by atoms with Crippen LogP contribution in [0.15, 0.2) is 11.8 Å². The summed E-state index contributed by atoms with van der Waals surface area (Å²) in [7, 11) is 0. The van der Waals surface area contributed by atoms with E-state index in [2.05, 4.69) is 12.2 Å². The van der Waals surface area contributed by atoms with Crippen LogP contribution in [0.1, 0.15) is 52.4 Å². The van der Waals surface area contributed by atoms with E-state index in [0.717, 1.165) is 38.0 Å². The quantitative estimate of drug-likeness (QED) is 0.198. The minimum Gasteiger partial charge on any atom is -0.478 e. The minimum atomic E-state index is -2.18. The summed E-state index contributed by atoms with van der Waals surface area (Å²) in [4.78, 5) is 34.5. The molecule has 1 heterocycles. The van der Waals surface area contributed by atoms with Crippen LogP contribution in [0.2, 0.25) is 0 Å². The number of halogens is 1. The topological polar surface area (TPSA) is 146 Å². The molecule has 0 aromatic heterocycles. The number of aliphatic carboxylic acids is 1. The molecule has 10 heteroatoms. The van der Waals surface area contributed by atoms with Gasteiger partial charge in [0.15, 0.2) is 12.3 Å². The molecule has 0 bridgehead atoms. The number of unbranched alkanes of at least 4 members (excludes halogenated alkanes) is 4. The van der Waals surface area contributed by atoms with Gasteiger partial charge in [0.05, 0.1) is 6.04 Å². The van der Waals surface area contributed by atoms with Crippen molar-refractivity contribution >= 4 is 24.1 Å². The number of carbonyl (C=O) groups excluding carboxylic acids is 2. The number of rotatable bonds is 13. The van der Waals surface area contributed by atoms with Crippen molar-refractivity contribution in [3.8, 4) is 0 Å². The lowest BCUT2D eigenvalue weighted by Gasteiger charge is -2.37. The Hall–Kier alpha value is -2.49. The van der Waals surface area contributed by atoms with Gasteiger partial charge in [-0.15, -0.1) is 0 Å². The zero-order chi connectivity index (χ0) is 22.7. The molecule has 0 aromatic carbocycles. The van der Waals surface area contributed by atoms with Crippen LogP contribution in [-0.2, 0) is 23.9 Å². The van der Waals surface area contributed by atoms with Gasteiger partial charge in [0.25, 0.3) is 0 Å². The molecule has 0 saturated heterocycles. The van der Waals surface area contributed by atoms with Crippen LogP contribution in [0.25, 0.3) is 0 Å². The number of hydrogen-bond donors (Lipinski definition) is 4. The molecule has 1 amide bonds. The number of carboxylic acids is 1. The number of amides is 1. The minimum absolute atomic E-state index is 0.156. The summed E-state index contributed by atoms with van der Waals surface area (Å²) in [6, 6.07) is -1.11. The second-order valence-electron chi connectivity index (χ2n) is 7.25. The zero-order valence-electron chi connectivity index (χ0n) is 17.3. The summed E-state index contributed by atoms with van der Waals surface area (Å²) in [6.45, 7) is 2.62. The molecule has 0 aromatic rings. The second kappa shape index (κ2) is 12.9. The van der Waals surface area contributed by atoms with Crippen LogP contribution in [-0.4, -0.2) is 65.3 Å². The maximum Gasteiger partial charge on any atom is 0.370 e. The van der Waals surface area contributed by atoms with Crippen molar-refractivity contribution in [2.24, 2.45) is 5.92 Å². The first-order valence-electron chi connectivity index (χ1n) is 10.1. The van der Waals surface area contributed by atoms with Gasteiger partial charge < -0.3 is 30.4 Å². The summed E-state index contributed by atoms with van der Waals surface area (Å²) < 4.78 is 25.0. The third-order valence-corrected chi connectivity index (χ3v) is 4.73.